The number of unbranched alkanes of at least 4 members (excludes halogenated alkanes) is 7. The van der Waals surface area contributed by atoms with Crippen LogP contribution in [-0.2, 0) is 52.1 Å². The number of guanidine groups is 3. The summed E-state index contributed by atoms with van der Waals surface area (Å²) >= 11 is 18.0. The van der Waals surface area contributed by atoms with Crippen molar-refractivity contribution in [3.63, 3.8) is 0 Å². The quantitative estimate of drug-likeness (QED) is 0.00604. The van der Waals surface area contributed by atoms with Gasteiger partial charge in [-0.15, -0.1) is 0 Å². The molecule has 0 aromatic heterocycles. The van der Waals surface area contributed by atoms with Gasteiger partial charge in [0.15, 0.2) is 0 Å². The van der Waals surface area contributed by atoms with Gasteiger partial charge in [0.2, 0.25) is 24.1 Å². The molecule has 4 atom stereocenters. The number of nitrogens with one attached hydrogen (secondary N) is 5. The fraction of sp³-hybridized carbons (Fsp3) is 0.680. The molecule has 0 aliphatic carbocycles. The first kappa shape index (κ1) is 80.3. The number of halogens is 3. The molecule has 7 N–H and O–H groups in total. The standard InChI is InChI=1S/C50H70Cl3N17O17.Li/c51-50(52,53)40(60)87-39-38(79-28-9-2-1-5-23-62-41(65-44(71)80-29-11-17-54)66-45(72)81-30-12-18-55)37(78-27-10-4-7-25-64-43(69-48(75)84-33-15-21-58)70(61)49(76)85-34-16-22-59)36(86-39)35-77-26-8-3-6-24-63-42(67-46(73)82-31-13-19-56)68-47(74)83-32-14-20-57;/h36-39,60H,1-16,23-35,61H2,(H5,62,63,64,65,66,67,68,69,71,72,73,74,75);/q;+1/p-1. The SMILES string of the molecule is N#CCCOC(=O)[N-]C(=NCCCCCCOC1C(OC(=N)C(Cl)(Cl)Cl)OC(COCCCCCN=C(NC(=O)OCCC#N)NC(=O)OCCC#N)C1OCCCCCN=C(NC(=O)OCCC#N)N(N)C(=O)OCCC#N)NC(=O)OCCC#N.[Li+]. The van der Waals surface area contributed by atoms with E-state index < -0.39 is 82.8 Å². The summed E-state index contributed by atoms with van der Waals surface area (Å²) < 4.78 is 57.7. The number of rotatable bonds is 36. The molecule has 1 rings (SSSR count). The summed E-state index contributed by atoms with van der Waals surface area (Å²) in [5.41, 5.74) is 0. The van der Waals surface area contributed by atoms with Crippen LogP contribution in [0.15, 0.2) is 15.0 Å². The maximum absolute atomic E-state index is 12.5. The third-order valence-corrected chi connectivity index (χ3v) is 10.9. The average Bonchev–Trinajstić information content (AvgIpc) is 1.84. The monoisotopic (exact) mass is 1290 g/mol. The van der Waals surface area contributed by atoms with E-state index in [0.29, 0.717) is 69.2 Å². The fourth-order valence-electron chi connectivity index (χ4n) is 6.44. The van der Waals surface area contributed by atoms with E-state index >= 15 is 0 Å². The third kappa shape index (κ3) is 39.9. The zero-order valence-corrected chi connectivity index (χ0v) is 50.7. The second-order valence-electron chi connectivity index (χ2n) is 17.1. The Balaban J connectivity index is 0.0000757. The minimum absolute atomic E-state index is 0. The first-order valence-electron chi connectivity index (χ1n) is 26.9. The number of amides is 6. The Morgan fingerprint density at radius 2 is 0.966 bits per heavy atom. The van der Waals surface area contributed by atoms with Crippen molar-refractivity contribution in [3.8, 4) is 36.4 Å². The molecular formula is C50H69Cl3LiN17O17. The molecule has 1 heterocycles. The summed E-state index contributed by atoms with van der Waals surface area (Å²) in [6, 6.07) is 10.9. The number of hydrogen-bond donors (Lipinski definition) is 6. The Morgan fingerprint density at radius 1 is 0.545 bits per heavy atom. The number of alkyl halides is 3. The van der Waals surface area contributed by atoms with E-state index in [0.717, 1.165) is 0 Å². The molecule has 0 spiro atoms. The molecule has 6 amide bonds. The van der Waals surface area contributed by atoms with E-state index in [-0.39, 0.29) is 149 Å². The van der Waals surface area contributed by atoms with E-state index in [9.17, 15) is 28.8 Å². The topological polar surface area (TPSA) is 499 Å². The normalized spacial score (nSPS) is 14.9. The predicted molar refractivity (Wildman–Crippen MR) is 303 cm³/mol. The number of nitrogens with zero attached hydrogens (tertiary/aromatic N) is 11. The molecule has 0 bridgehead atoms. The van der Waals surface area contributed by atoms with Crippen LogP contribution in [-0.4, -0.2) is 179 Å². The Bertz CT molecular complexity index is 2440. The van der Waals surface area contributed by atoms with Crippen LogP contribution in [0.2, 0.25) is 0 Å². The Hall–Kier alpha value is -7.69. The van der Waals surface area contributed by atoms with Crippen LogP contribution in [0.1, 0.15) is 103 Å². The smallest absolute Gasteiger partial charge is 0.459 e. The third-order valence-electron chi connectivity index (χ3n) is 10.4. The molecule has 478 valence electrons. The molecule has 4 unspecified atom stereocenters. The maximum Gasteiger partial charge on any atom is 1.00 e. The van der Waals surface area contributed by atoms with Crippen molar-refractivity contribution in [2.75, 3.05) is 85.7 Å². The van der Waals surface area contributed by atoms with Crippen LogP contribution in [0.25, 0.3) is 5.32 Å². The van der Waals surface area contributed by atoms with E-state index in [1.54, 1.807) is 0 Å². The predicted octanol–water partition coefficient (Wildman–Crippen LogP) is 3.04. The minimum atomic E-state index is -2.30. The number of hydrazine groups is 1. The zero-order valence-electron chi connectivity index (χ0n) is 48.4. The van der Waals surface area contributed by atoms with Crippen molar-refractivity contribution in [2.24, 2.45) is 20.8 Å². The van der Waals surface area contributed by atoms with Gasteiger partial charge < -0.3 is 62.4 Å². The summed E-state index contributed by atoms with van der Waals surface area (Å²) in [6.45, 7) is -0.873. The molecule has 0 radical (unpaired) electrons. The Kier molecular flexibility index (Phi) is 46.9. The molecule has 88 heavy (non-hydrogen) atoms. The number of nitrogens with two attached hydrogens (primary N) is 1. The van der Waals surface area contributed by atoms with E-state index in [1.807, 2.05) is 36.4 Å². The molecule has 1 aliphatic rings. The van der Waals surface area contributed by atoms with Crippen molar-refractivity contribution < 1.29 is 99.7 Å². The number of alkyl carbamates (subject to hydrolysis) is 4. The van der Waals surface area contributed by atoms with E-state index in [4.69, 9.17) is 130 Å². The zero-order chi connectivity index (χ0) is 64.3. The minimum Gasteiger partial charge on any atom is -0.459 e. The van der Waals surface area contributed by atoms with Gasteiger partial charge in [-0.05, 0) is 57.9 Å². The van der Waals surface area contributed by atoms with Crippen LogP contribution >= 0.6 is 34.8 Å². The number of aliphatic imine (C=N–C) groups is 3. The number of nitriles is 6. The van der Waals surface area contributed by atoms with Gasteiger partial charge in [0.05, 0.1) is 81.5 Å². The number of ether oxygens (including phenoxy) is 11. The van der Waals surface area contributed by atoms with Crippen molar-refractivity contribution in [2.45, 2.75) is 131 Å². The number of hydrogen-bond acceptors (Lipinski definition) is 28. The van der Waals surface area contributed by atoms with E-state index in [1.165, 1.54) is 0 Å². The van der Waals surface area contributed by atoms with Crippen molar-refractivity contribution in [1.82, 2.24) is 26.3 Å². The summed E-state index contributed by atoms with van der Waals surface area (Å²) in [6.07, 6.45) is -6.20. The molecule has 0 saturated carbocycles. The molecule has 34 nitrogen and oxygen atoms in total. The van der Waals surface area contributed by atoms with E-state index in [2.05, 4.69) is 41.6 Å². The molecule has 38 heteroatoms. The fourth-order valence-corrected chi connectivity index (χ4v) is 6.57. The van der Waals surface area contributed by atoms with Crippen LogP contribution in [0, 0.1) is 73.4 Å². The summed E-state index contributed by atoms with van der Waals surface area (Å²) in [5.74, 6) is 3.97. The summed E-state index contributed by atoms with van der Waals surface area (Å²) in [5, 5.41) is 73.9. The second-order valence-corrected chi connectivity index (χ2v) is 19.4. The molecule has 0 aromatic carbocycles. The Labute approximate surface area is 535 Å². The number of carbonyl (C=O) groups excluding carboxylic acids is 6. The van der Waals surface area contributed by atoms with Crippen LogP contribution < -0.4 is 46.0 Å². The second kappa shape index (κ2) is 51.4. The van der Waals surface area contributed by atoms with Crippen molar-refractivity contribution in [3.05, 3.63) is 5.32 Å². The van der Waals surface area contributed by atoms with Gasteiger partial charge in [0.1, 0.15) is 58.0 Å². The van der Waals surface area contributed by atoms with Crippen LogP contribution in [0.3, 0.4) is 0 Å². The first-order chi connectivity index (χ1) is 41.9. The average molecular weight is 1290 g/mol. The van der Waals surface area contributed by atoms with Crippen LogP contribution in [0.4, 0.5) is 28.8 Å². The van der Waals surface area contributed by atoms with Gasteiger partial charge in [0, 0.05) is 38.9 Å². The van der Waals surface area contributed by atoms with Gasteiger partial charge in [-0.1, -0.05) is 47.6 Å². The molecule has 1 fully saturated rings. The van der Waals surface area contributed by atoms with Gasteiger partial charge in [0.25, 0.3) is 3.79 Å². The van der Waals surface area contributed by atoms with Crippen molar-refractivity contribution in [1.29, 1.82) is 37.0 Å². The molecular weight excluding hydrogens is 1220 g/mol. The summed E-state index contributed by atoms with van der Waals surface area (Å²) in [7, 11) is 0. The molecule has 1 aliphatic heterocycles. The molecule has 1 saturated heterocycles. The Morgan fingerprint density at radius 3 is 1.48 bits per heavy atom. The first-order valence-corrected chi connectivity index (χ1v) is 28.1. The van der Waals surface area contributed by atoms with Gasteiger partial charge in [-0.2, -0.15) is 36.6 Å². The molecule has 0 aromatic rings. The summed E-state index contributed by atoms with van der Waals surface area (Å²) in [4.78, 5) is 86.2. The largest absolute Gasteiger partial charge is 1.00 e. The van der Waals surface area contributed by atoms with Crippen LogP contribution in [0.5, 0.6) is 0 Å². The van der Waals surface area contributed by atoms with Gasteiger partial charge in [-0.25, -0.2) is 34.6 Å². The van der Waals surface area contributed by atoms with Gasteiger partial charge in [-0.3, -0.25) is 36.7 Å². The number of carbonyl (C=O) groups is 6. The van der Waals surface area contributed by atoms with Crippen molar-refractivity contribution >= 4 is 95.1 Å². The maximum atomic E-state index is 12.5. The van der Waals surface area contributed by atoms with Gasteiger partial charge >= 0.3 is 55.4 Å².